The van der Waals surface area contributed by atoms with Gasteiger partial charge in [-0.25, -0.2) is 4.98 Å². The minimum Gasteiger partial charge on any atom is -0.350 e. The van der Waals surface area contributed by atoms with Gasteiger partial charge in [0.05, 0.1) is 0 Å². The molecule has 5 heteroatoms. The van der Waals surface area contributed by atoms with Crippen LogP contribution in [0.3, 0.4) is 0 Å². The van der Waals surface area contributed by atoms with E-state index < -0.39 is 0 Å². The van der Waals surface area contributed by atoms with Crippen LogP contribution in [0.1, 0.15) is 22.4 Å². The van der Waals surface area contributed by atoms with E-state index in [1.54, 1.807) is 0 Å². The fourth-order valence-corrected chi connectivity index (χ4v) is 3.08. The molecule has 1 aromatic heterocycles. The second-order valence-electron chi connectivity index (χ2n) is 6.08. The van der Waals surface area contributed by atoms with Crippen LogP contribution in [0, 0.1) is 20.8 Å². The lowest BCUT2D eigenvalue weighted by molar-refractivity contribution is 1.02. The highest BCUT2D eigenvalue weighted by molar-refractivity contribution is 9.10. The first-order valence-corrected chi connectivity index (χ1v) is 8.98. The molecule has 3 aromatic rings. The van der Waals surface area contributed by atoms with Gasteiger partial charge in [-0.15, -0.1) is 0 Å². The SMILES string of the molecule is Cc1cc(Nc2ccc(Br)cc2C)nc(NCc2ccccc2C)n1. The van der Waals surface area contributed by atoms with Crippen molar-refractivity contribution in [1.29, 1.82) is 0 Å². The number of benzene rings is 2. The molecule has 0 unspecified atom stereocenters. The zero-order chi connectivity index (χ0) is 17.8. The van der Waals surface area contributed by atoms with Crippen molar-refractivity contribution in [1.82, 2.24) is 9.97 Å². The van der Waals surface area contributed by atoms with E-state index in [0.717, 1.165) is 27.2 Å². The summed E-state index contributed by atoms with van der Waals surface area (Å²) >= 11 is 3.49. The van der Waals surface area contributed by atoms with Crippen LogP contribution >= 0.6 is 15.9 Å². The predicted molar refractivity (Wildman–Crippen MR) is 107 cm³/mol. The van der Waals surface area contributed by atoms with Crippen LogP contribution < -0.4 is 10.6 Å². The third kappa shape index (κ3) is 4.57. The van der Waals surface area contributed by atoms with Gasteiger partial charge in [0.15, 0.2) is 0 Å². The summed E-state index contributed by atoms with van der Waals surface area (Å²) in [7, 11) is 0. The lowest BCUT2D eigenvalue weighted by atomic mass is 10.1. The standard InChI is InChI=1S/C20H21BrN4/c1-13-6-4-5-7-16(13)12-22-20-23-15(3)11-19(25-20)24-18-9-8-17(21)10-14(18)2/h4-11H,12H2,1-3H3,(H2,22,23,24,25). The van der Waals surface area contributed by atoms with Gasteiger partial charge in [0.2, 0.25) is 5.95 Å². The van der Waals surface area contributed by atoms with E-state index in [4.69, 9.17) is 0 Å². The molecule has 4 nitrogen and oxygen atoms in total. The molecule has 0 saturated heterocycles. The van der Waals surface area contributed by atoms with E-state index in [1.807, 2.05) is 37.3 Å². The number of hydrogen-bond acceptors (Lipinski definition) is 4. The van der Waals surface area contributed by atoms with Crippen LogP contribution in [0.5, 0.6) is 0 Å². The average Bonchev–Trinajstić information content (AvgIpc) is 2.56. The van der Waals surface area contributed by atoms with Gasteiger partial charge >= 0.3 is 0 Å². The molecule has 128 valence electrons. The minimum atomic E-state index is 0.625. The van der Waals surface area contributed by atoms with E-state index >= 15 is 0 Å². The molecule has 0 bridgehead atoms. The molecule has 0 saturated carbocycles. The van der Waals surface area contributed by atoms with Crippen molar-refractivity contribution < 1.29 is 0 Å². The topological polar surface area (TPSA) is 49.8 Å². The van der Waals surface area contributed by atoms with E-state index in [2.05, 4.69) is 68.6 Å². The van der Waals surface area contributed by atoms with Gasteiger partial charge in [-0.3, -0.25) is 0 Å². The number of aryl methyl sites for hydroxylation is 3. The summed E-state index contributed by atoms with van der Waals surface area (Å²) in [6.45, 7) is 6.85. The molecular formula is C20H21BrN4. The number of rotatable bonds is 5. The van der Waals surface area contributed by atoms with Crippen LogP contribution in [0.25, 0.3) is 0 Å². The summed E-state index contributed by atoms with van der Waals surface area (Å²) in [6.07, 6.45) is 0. The molecule has 0 aliphatic rings. The first-order valence-electron chi connectivity index (χ1n) is 8.18. The summed E-state index contributed by atoms with van der Waals surface area (Å²) in [5, 5.41) is 6.70. The Labute approximate surface area is 156 Å². The van der Waals surface area contributed by atoms with Gasteiger partial charge in [0, 0.05) is 28.5 Å². The molecule has 0 spiro atoms. The summed E-state index contributed by atoms with van der Waals surface area (Å²) in [4.78, 5) is 9.08. The monoisotopic (exact) mass is 396 g/mol. The number of anilines is 3. The predicted octanol–water partition coefficient (Wildman–Crippen LogP) is 5.52. The fourth-order valence-electron chi connectivity index (χ4n) is 2.60. The van der Waals surface area contributed by atoms with E-state index in [0.29, 0.717) is 12.5 Å². The van der Waals surface area contributed by atoms with Crippen molar-refractivity contribution in [3.05, 3.63) is 75.4 Å². The molecule has 0 aliphatic carbocycles. The lowest BCUT2D eigenvalue weighted by Crippen LogP contribution is -2.07. The molecule has 2 N–H and O–H groups in total. The van der Waals surface area contributed by atoms with Crippen LogP contribution in [-0.2, 0) is 6.54 Å². The molecule has 0 amide bonds. The Morgan fingerprint density at radius 1 is 0.920 bits per heavy atom. The number of hydrogen-bond donors (Lipinski definition) is 2. The van der Waals surface area contributed by atoms with Crippen LogP contribution in [-0.4, -0.2) is 9.97 Å². The molecule has 0 atom stereocenters. The zero-order valence-electron chi connectivity index (χ0n) is 14.6. The van der Waals surface area contributed by atoms with Crippen molar-refractivity contribution in [2.75, 3.05) is 10.6 Å². The Morgan fingerprint density at radius 3 is 2.48 bits per heavy atom. The summed E-state index contributed by atoms with van der Waals surface area (Å²) in [5.41, 5.74) is 5.60. The van der Waals surface area contributed by atoms with Gasteiger partial charge in [0.1, 0.15) is 5.82 Å². The van der Waals surface area contributed by atoms with E-state index in [-0.39, 0.29) is 0 Å². The molecule has 0 radical (unpaired) electrons. The minimum absolute atomic E-state index is 0.625. The lowest BCUT2D eigenvalue weighted by Gasteiger charge is -2.12. The third-order valence-electron chi connectivity index (χ3n) is 4.00. The Balaban J connectivity index is 1.77. The Bertz CT molecular complexity index is 893. The molecule has 3 rings (SSSR count). The number of halogens is 1. The van der Waals surface area contributed by atoms with Gasteiger partial charge < -0.3 is 10.6 Å². The maximum Gasteiger partial charge on any atom is 0.225 e. The number of aromatic nitrogens is 2. The van der Waals surface area contributed by atoms with Crippen LogP contribution in [0.15, 0.2) is 53.0 Å². The van der Waals surface area contributed by atoms with Crippen molar-refractivity contribution in [3.63, 3.8) is 0 Å². The smallest absolute Gasteiger partial charge is 0.225 e. The molecular weight excluding hydrogens is 376 g/mol. The maximum absolute atomic E-state index is 4.59. The van der Waals surface area contributed by atoms with E-state index in [1.165, 1.54) is 11.1 Å². The average molecular weight is 397 g/mol. The van der Waals surface area contributed by atoms with Crippen molar-refractivity contribution in [3.8, 4) is 0 Å². The first-order chi connectivity index (χ1) is 12.0. The number of nitrogens with zero attached hydrogens (tertiary/aromatic N) is 2. The molecule has 2 aromatic carbocycles. The maximum atomic E-state index is 4.59. The Hall–Kier alpha value is -2.40. The van der Waals surface area contributed by atoms with Gasteiger partial charge in [-0.05, 0) is 55.7 Å². The van der Waals surface area contributed by atoms with Crippen molar-refractivity contribution >= 4 is 33.4 Å². The van der Waals surface area contributed by atoms with Gasteiger partial charge in [0.25, 0.3) is 0 Å². The Kier molecular flexibility index (Phi) is 5.34. The molecule has 1 heterocycles. The van der Waals surface area contributed by atoms with Crippen molar-refractivity contribution in [2.24, 2.45) is 0 Å². The highest BCUT2D eigenvalue weighted by Gasteiger charge is 2.06. The molecule has 0 fully saturated rings. The highest BCUT2D eigenvalue weighted by Crippen LogP contribution is 2.23. The second kappa shape index (κ2) is 7.66. The quantitative estimate of drug-likeness (QED) is 0.595. The normalized spacial score (nSPS) is 10.6. The van der Waals surface area contributed by atoms with Crippen LogP contribution in [0.2, 0.25) is 0 Å². The summed E-state index contributed by atoms with van der Waals surface area (Å²) < 4.78 is 1.06. The third-order valence-corrected chi connectivity index (χ3v) is 4.50. The van der Waals surface area contributed by atoms with E-state index in [9.17, 15) is 0 Å². The fraction of sp³-hybridized carbons (Fsp3) is 0.200. The molecule has 0 aliphatic heterocycles. The molecule has 25 heavy (non-hydrogen) atoms. The van der Waals surface area contributed by atoms with Crippen LogP contribution in [0.4, 0.5) is 17.5 Å². The van der Waals surface area contributed by atoms with Crippen molar-refractivity contribution in [2.45, 2.75) is 27.3 Å². The summed E-state index contributed by atoms with van der Waals surface area (Å²) in [6, 6.07) is 16.4. The number of nitrogens with one attached hydrogen (secondary N) is 2. The van der Waals surface area contributed by atoms with Gasteiger partial charge in [-0.1, -0.05) is 40.2 Å². The Morgan fingerprint density at radius 2 is 1.72 bits per heavy atom. The largest absolute Gasteiger partial charge is 0.350 e. The first kappa shape index (κ1) is 17.4. The zero-order valence-corrected chi connectivity index (χ0v) is 16.2. The summed E-state index contributed by atoms with van der Waals surface area (Å²) in [5.74, 6) is 1.41. The van der Waals surface area contributed by atoms with Gasteiger partial charge in [-0.2, -0.15) is 4.98 Å². The second-order valence-corrected chi connectivity index (χ2v) is 7.00. The highest BCUT2D eigenvalue weighted by atomic mass is 79.9.